The van der Waals surface area contributed by atoms with Gasteiger partial charge in [-0.1, -0.05) is 36.4 Å². The minimum atomic E-state index is -3.84. The first-order chi connectivity index (χ1) is 19.7. The maximum atomic E-state index is 14.6. The first kappa shape index (κ1) is 31.9. The van der Waals surface area contributed by atoms with Crippen LogP contribution in [0.25, 0.3) is 10.8 Å². The Morgan fingerprint density at radius 1 is 1.29 bits per heavy atom. The van der Waals surface area contributed by atoms with Gasteiger partial charge in [-0.2, -0.15) is 4.98 Å². The van der Waals surface area contributed by atoms with E-state index in [0.29, 0.717) is 16.2 Å². The van der Waals surface area contributed by atoms with E-state index in [1.807, 2.05) is 18.2 Å². The number of benzene rings is 2. The first-order valence-corrected chi connectivity index (χ1v) is 15.5. The molecule has 5 atom stereocenters. The number of halogens is 3. The van der Waals surface area contributed by atoms with E-state index in [1.165, 1.54) is 6.92 Å². The number of rotatable bonds is 11. The summed E-state index contributed by atoms with van der Waals surface area (Å²) in [6.07, 6.45) is -7.23. The van der Waals surface area contributed by atoms with Crippen LogP contribution in [0.15, 0.2) is 53.5 Å². The van der Waals surface area contributed by atoms with E-state index in [9.17, 15) is 27.9 Å². The minimum Gasteiger partial charge on any atom is -0.462 e. The van der Waals surface area contributed by atoms with Gasteiger partial charge in [-0.3, -0.25) is 9.36 Å². The van der Waals surface area contributed by atoms with Crippen LogP contribution in [0.5, 0.6) is 5.75 Å². The second-order valence-electron chi connectivity index (χ2n) is 9.99. The van der Waals surface area contributed by atoms with E-state index >= 15 is 0 Å². The highest BCUT2D eigenvalue weighted by Crippen LogP contribution is 2.50. The Labute approximate surface area is 244 Å². The van der Waals surface area contributed by atoms with Crippen LogP contribution in [0.1, 0.15) is 33.4 Å². The molecular formula is C26H30F3N4O7PS. The summed E-state index contributed by atoms with van der Waals surface area (Å²) < 4.78 is 66.4. The standard InChI is InChI=1S/C26H30F3N4O7PS/c1-14(2)38-23(35)15(3)32-41(42,40-20-10-6-8-16-7-4-5-9-17(16)20)37-13-26(24(28)29)11-19(34)22(39-26)33-12-18(27)21(30)31-25(33)36/h4-10,12,14-15,19,22,24,34H,11,13H2,1-3H3,(H,32,42)(H2,30,31,36). The highest BCUT2D eigenvalue weighted by Gasteiger charge is 2.54. The maximum absolute atomic E-state index is 14.6. The largest absolute Gasteiger partial charge is 0.462 e. The second-order valence-corrected chi connectivity index (χ2v) is 13.1. The Hall–Kier alpha value is -3.07. The highest BCUT2D eigenvalue weighted by molar-refractivity contribution is 8.09. The number of nitrogen functional groups attached to an aromatic ring is 1. The Morgan fingerprint density at radius 2 is 1.98 bits per heavy atom. The number of aliphatic hydroxyl groups excluding tert-OH is 1. The van der Waals surface area contributed by atoms with Crippen molar-refractivity contribution in [3.05, 3.63) is 65.0 Å². The molecule has 11 nitrogen and oxygen atoms in total. The Bertz CT molecular complexity index is 1560. The number of esters is 1. The smallest absolute Gasteiger partial charge is 0.351 e. The van der Waals surface area contributed by atoms with Crippen molar-refractivity contribution >= 4 is 41.0 Å². The molecule has 16 heteroatoms. The van der Waals surface area contributed by atoms with Gasteiger partial charge in [0.2, 0.25) is 0 Å². The third-order valence-corrected chi connectivity index (χ3v) is 8.82. The number of anilines is 1. The molecule has 4 N–H and O–H groups in total. The number of carbonyl (C=O) groups excluding carboxylic acids is 1. The molecule has 0 saturated carbocycles. The van der Waals surface area contributed by atoms with E-state index < -0.39 is 79.5 Å². The number of hydrogen-bond donors (Lipinski definition) is 3. The quantitative estimate of drug-likeness (QED) is 0.211. The molecule has 2 aromatic carbocycles. The van der Waals surface area contributed by atoms with Gasteiger partial charge in [-0.15, -0.1) is 0 Å². The number of nitrogens with one attached hydrogen (secondary N) is 1. The van der Waals surface area contributed by atoms with E-state index in [1.54, 1.807) is 38.1 Å². The van der Waals surface area contributed by atoms with Gasteiger partial charge in [0.15, 0.2) is 23.5 Å². The number of carbonyl (C=O) groups is 1. The van der Waals surface area contributed by atoms with Crippen molar-refractivity contribution in [2.24, 2.45) is 0 Å². The minimum absolute atomic E-state index is 0.264. The predicted octanol–water partition coefficient (Wildman–Crippen LogP) is 3.65. The van der Waals surface area contributed by atoms with Crippen LogP contribution < -0.4 is 21.0 Å². The van der Waals surface area contributed by atoms with Gasteiger partial charge < -0.3 is 29.4 Å². The summed E-state index contributed by atoms with van der Waals surface area (Å²) in [5.41, 5.74) is 1.68. The molecular weight excluding hydrogens is 600 g/mol. The molecule has 0 spiro atoms. The summed E-state index contributed by atoms with van der Waals surface area (Å²) in [5, 5.41) is 14.8. The second kappa shape index (κ2) is 12.7. The lowest BCUT2D eigenvalue weighted by Crippen LogP contribution is -2.44. The monoisotopic (exact) mass is 630 g/mol. The number of nitrogens with two attached hydrogens (primary N) is 1. The molecule has 42 heavy (non-hydrogen) atoms. The van der Waals surface area contributed by atoms with Gasteiger partial charge in [0.05, 0.1) is 18.9 Å². The predicted molar refractivity (Wildman–Crippen MR) is 151 cm³/mol. The average Bonchev–Trinajstić information content (AvgIpc) is 3.27. The van der Waals surface area contributed by atoms with E-state index in [4.69, 9.17) is 36.1 Å². The molecule has 1 aromatic heterocycles. The lowest BCUT2D eigenvalue weighted by atomic mass is 10.0. The van der Waals surface area contributed by atoms with Gasteiger partial charge in [0.25, 0.3) is 6.43 Å². The van der Waals surface area contributed by atoms with Crippen LogP contribution in [0.3, 0.4) is 0 Å². The topological polar surface area (TPSA) is 147 Å². The fourth-order valence-electron chi connectivity index (χ4n) is 4.31. The summed E-state index contributed by atoms with van der Waals surface area (Å²) >= 11 is 5.69. The molecule has 1 aliphatic heterocycles. The number of hydrogen-bond acceptors (Lipinski definition) is 10. The fraction of sp³-hybridized carbons (Fsp3) is 0.423. The van der Waals surface area contributed by atoms with Crippen LogP contribution >= 0.6 is 6.64 Å². The third kappa shape index (κ3) is 6.93. The van der Waals surface area contributed by atoms with Crippen LogP contribution in [0.2, 0.25) is 0 Å². The average molecular weight is 631 g/mol. The van der Waals surface area contributed by atoms with Crippen LogP contribution in [-0.4, -0.2) is 57.5 Å². The molecule has 1 aliphatic rings. The van der Waals surface area contributed by atoms with Gasteiger partial charge in [0.1, 0.15) is 17.9 Å². The summed E-state index contributed by atoms with van der Waals surface area (Å²) in [5.74, 6) is -2.23. The number of alkyl halides is 2. The van der Waals surface area contributed by atoms with Crippen LogP contribution in [0.4, 0.5) is 19.0 Å². The summed E-state index contributed by atoms with van der Waals surface area (Å²) in [6.45, 7) is -0.00906. The molecule has 1 saturated heterocycles. The highest BCUT2D eigenvalue weighted by atomic mass is 32.5. The molecule has 2 heterocycles. The summed E-state index contributed by atoms with van der Waals surface area (Å²) in [4.78, 5) is 28.2. The molecule has 1 fully saturated rings. The van der Waals surface area contributed by atoms with Crippen molar-refractivity contribution in [2.75, 3.05) is 12.3 Å². The van der Waals surface area contributed by atoms with E-state index in [2.05, 4.69) is 10.1 Å². The zero-order valence-electron chi connectivity index (χ0n) is 22.8. The molecule has 228 valence electrons. The summed E-state index contributed by atoms with van der Waals surface area (Å²) in [7, 11) is 0. The zero-order valence-corrected chi connectivity index (χ0v) is 24.5. The van der Waals surface area contributed by atoms with Crippen LogP contribution in [0, 0.1) is 5.82 Å². The molecule has 0 aliphatic carbocycles. The zero-order chi connectivity index (χ0) is 30.8. The molecule has 4 rings (SSSR count). The SMILES string of the molecule is CC(C)OC(=O)C(C)NP(=S)(OCC1(C(F)F)CC(O)C(n2cc(F)c(N)nc2=O)O1)Oc1cccc2ccccc12. The number of fused-ring (bicyclic) bond motifs is 1. The van der Waals surface area contributed by atoms with Gasteiger partial charge in [0, 0.05) is 11.8 Å². The van der Waals surface area contributed by atoms with Crippen molar-refractivity contribution in [2.45, 2.75) is 63.7 Å². The van der Waals surface area contributed by atoms with Gasteiger partial charge in [-0.05, 0) is 44.0 Å². The van der Waals surface area contributed by atoms with Crippen molar-refractivity contribution in [3.63, 3.8) is 0 Å². The maximum Gasteiger partial charge on any atom is 0.351 e. The molecule has 0 amide bonds. The first-order valence-electron chi connectivity index (χ1n) is 12.8. The Balaban J connectivity index is 1.65. The number of ether oxygens (including phenoxy) is 2. The lowest BCUT2D eigenvalue weighted by Gasteiger charge is -2.32. The molecule has 0 radical (unpaired) electrons. The van der Waals surface area contributed by atoms with Crippen LogP contribution in [-0.2, 0) is 30.6 Å². The van der Waals surface area contributed by atoms with Gasteiger partial charge in [-0.25, -0.2) is 23.1 Å². The molecule has 3 aromatic rings. The molecule has 5 unspecified atom stereocenters. The van der Waals surface area contributed by atoms with E-state index in [-0.39, 0.29) is 5.75 Å². The third-order valence-electron chi connectivity index (χ3n) is 6.35. The summed E-state index contributed by atoms with van der Waals surface area (Å²) in [6, 6.07) is 11.3. The Morgan fingerprint density at radius 3 is 2.67 bits per heavy atom. The number of aromatic nitrogens is 2. The number of aliphatic hydroxyl groups is 1. The lowest BCUT2D eigenvalue weighted by molar-refractivity contribution is -0.169. The van der Waals surface area contributed by atoms with Crippen molar-refractivity contribution in [3.8, 4) is 5.75 Å². The Kier molecular flexibility index (Phi) is 9.60. The number of nitrogens with zero attached hydrogens (tertiary/aromatic N) is 2. The fourth-order valence-corrected chi connectivity index (χ4v) is 6.75. The van der Waals surface area contributed by atoms with E-state index in [0.717, 1.165) is 5.39 Å². The van der Waals surface area contributed by atoms with Crippen molar-refractivity contribution < 1.29 is 41.6 Å². The normalized spacial score (nSPS) is 22.8. The van der Waals surface area contributed by atoms with Crippen molar-refractivity contribution in [1.29, 1.82) is 0 Å². The van der Waals surface area contributed by atoms with Crippen molar-refractivity contribution in [1.82, 2.24) is 14.6 Å². The molecule has 0 bridgehead atoms. The van der Waals surface area contributed by atoms with Gasteiger partial charge >= 0.3 is 18.3 Å².